The molecule has 1 amide bonds. The van der Waals surface area contributed by atoms with Crippen LogP contribution in [0.15, 0.2) is 6.20 Å². The molecule has 2 N–H and O–H groups in total. The summed E-state index contributed by atoms with van der Waals surface area (Å²) in [6.45, 7) is 7.67. The van der Waals surface area contributed by atoms with Crippen LogP contribution < -0.4 is 10.5 Å². The number of pyridine rings is 1. The zero-order valence-corrected chi connectivity index (χ0v) is 13.3. The Hall–Kier alpha value is -1.62. The van der Waals surface area contributed by atoms with Crippen LogP contribution in [-0.4, -0.2) is 35.5 Å². The van der Waals surface area contributed by atoms with Gasteiger partial charge in [-0.2, -0.15) is 0 Å². The summed E-state index contributed by atoms with van der Waals surface area (Å²) in [4.78, 5) is 18.3. The number of carbonyl (C=O) groups excluding carboxylic acids is 1. The van der Waals surface area contributed by atoms with Crippen molar-refractivity contribution in [3.05, 3.63) is 23.0 Å². The lowest BCUT2D eigenvalue weighted by molar-refractivity contribution is -0.124. The number of nitrogens with zero attached hydrogens (tertiary/aromatic N) is 2. The first-order chi connectivity index (χ1) is 9.93. The number of hydrogen-bond acceptors (Lipinski definition) is 4. The number of aryl methyl sites for hydroxylation is 1. The van der Waals surface area contributed by atoms with E-state index in [0.29, 0.717) is 12.6 Å². The molecule has 1 aromatic rings. The van der Waals surface area contributed by atoms with Gasteiger partial charge in [0.25, 0.3) is 0 Å². The molecule has 2 heterocycles. The molecule has 1 aliphatic rings. The number of methoxy groups -OCH3 is 1. The summed E-state index contributed by atoms with van der Waals surface area (Å²) >= 11 is 0. The molecule has 1 saturated heterocycles. The molecule has 0 spiro atoms. The highest BCUT2D eigenvalue weighted by Gasteiger charge is 2.29. The number of likely N-dealkylation sites (tertiary alicyclic amines) is 1. The molecule has 0 bridgehead atoms. The molecule has 1 aromatic heterocycles. The maximum Gasteiger partial charge on any atom is 0.221 e. The van der Waals surface area contributed by atoms with Gasteiger partial charge >= 0.3 is 0 Å². The summed E-state index contributed by atoms with van der Waals surface area (Å²) in [5.41, 5.74) is 8.59. The predicted molar refractivity (Wildman–Crippen MR) is 82.1 cm³/mol. The highest BCUT2D eigenvalue weighted by Crippen LogP contribution is 2.28. The van der Waals surface area contributed by atoms with E-state index in [-0.39, 0.29) is 11.8 Å². The van der Waals surface area contributed by atoms with Crippen molar-refractivity contribution in [1.82, 2.24) is 9.88 Å². The standard InChI is InChI=1S/C16H25N3O2/c1-10-7-18-14(12(3)15(10)21-4)9-19-8-13(16(17)20)6-5-11(19)2/h7,11,13H,5-6,8-9H2,1-4H3,(H2,17,20). The lowest BCUT2D eigenvalue weighted by Gasteiger charge is -2.36. The van der Waals surface area contributed by atoms with Gasteiger partial charge in [-0.05, 0) is 33.6 Å². The van der Waals surface area contributed by atoms with Gasteiger partial charge in [0.1, 0.15) is 5.75 Å². The van der Waals surface area contributed by atoms with Gasteiger partial charge in [-0.3, -0.25) is 14.7 Å². The maximum absolute atomic E-state index is 11.4. The quantitative estimate of drug-likeness (QED) is 0.918. The van der Waals surface area contributed by atoms with Crippen LogP contribution in [0.25, 0.3) is 0 Å². The van der Waals surface area contributed by atoms with E-state index < -0.39 is 0 Å². The van der Waals surface area contributed by atoms with Crippen molar-refractivity contribution >= 4 is 5.91 Å². The van der Waals surface area contributed by atoms with Crippen LogP contribution in [0.3, 0.4) is 0 Å². The molecule has 1 fully saturated rings. The third-order valence-electron chi connectivity index (χ3n) is 4.52. The molecule has 116 valence electrons. The largest absolute Gasteiger partial charge is 0.496 e. The molecule has 0 aliphatic carbocycles. The van der Waals surface area contributed by atoms with Crippen molar-refractivity contribution in [1.29, 1.82) is 0 Å². The number of nitrogens with two attached hydrogens (primary N) is 1. The fourth-order valence-electron chi connectivity index (χ4n) is 3.05. The van der Waals surface area contributed by atoms with E-state index >= 15 is 0 Å². The number of piperidine rings is 1. The molecule has 0 saturated carbocycles. The Morgan fingerprint density at radius 1 is 1.48 bits per heavy atom. The molecule has 5 nitrogen and oxygen atoms in total. The Labute approximate surface area is 126 Å². The Morgan fingerprint density at radius 2 is 2.19 bits per heavy atom. The Morgan fingerprint density at radius 3 is 2.81 bits per heavy atom. The second kappa shape index (κ2) is 6.43. The van der Waals surface area contributed by atoms with Crippen LogP contribution in [0.1, 0.15) is 36.6 Å². The van der Waals surface area contributed by atoms with E-state index in [1.54, 1.807) is 7.11 Å². The number of rotatable bonds is 4. The van der Waals surface area contributed by atoms with Gasteiger partial charge in [0.05, 0.1) is 18.7 Å². The van der Waals surface area contributed by atoms with E-state index in [4.69, 9.17) is 10.5 Å². The van der Waals surface area contributed by atoms with Crippen molar-refractivity contribution in [2.24, 2.45) is 11.7 Å². The number of hydrogen-bond donors (Lipinski definition) is 1. The van der Waals surface area contributed by atoms with E-state index in [9.17, 15) is 4.79 Å². The zero-order valence-electron chi connectivity index (χ0n) is 13.3. The summed E-state index contributed by atoms with van der Waals surface area (Å²) in [7, 11) is 1.69. The summed E-state index contributed by atoms with van der Waals surface area (Å²) in [5, 5.41) is 0. The average molecular weight is 291 g/mol. The topological polar surface area (TPSA) is 68.4 Å². The first-order valence-electron chi connectivity index (χ1n) is 7.46. The van der Waals surface area contributed by atoms with Crippen LogP contribution in [0.2, 0.25) is 0 Å². The first-order valence-corrected chi connectivity index (χ1v) is 7.46. The fraction of sp³-hybridized carbons (Fsp3) is 0.625. The van der Waals surface area contributed by atoms with Crippen LogP contribution in [0.4, 0.5) is 0 Å². The molecule has 0 aromatic carbocycles. The molecule has 21 heavy (non-hydrogen) atoms. The van der Waals surface area contributed by atoms with E-state index in [1.807, 2.05) is 20.0 Å². The van der Waals surface area contributed by atoms with Gasteiger partial charge in [0.2, 0.25) is 5.91 Å². The minimum atomic E-state index is -0.196. The molecular formula is C16H25N3O2. The number of primary amides is 1. The highest BCUT2D eigenvalue weighted by atomic mass is 16.5. The van der Waals surface area contributed by atoms with Crippen molar-refractivity contribution in [3.8, 4) is 5.75 Å². The van der Waals surface area contributed by atoms with E-state index in [1.165, 1.54) is 0 Å². The molecule has 2 unspecified atom stereocenters. The molecule has 2 atom stereocenters. The average Bonchev–Trinajstić information content (AvgIpc) is 2.44. The Kier molecular flexibility index (Phi) is 4.83. The van der Waals surface area contributed by atoms with Gasteiger partial charge in [-0.25, -0.2) is 0 Å². The van der Waals surface area contributed by atoms with Gasteiger partial charge < -0.3 is 10.5 Å². The first kappa shape index (κ1) is 15.8. The van der Waals surface area contributed by atoms with Crippen LogP contribution in [-0.2, 0) is 11.3 Å². The predicted octanol–water partition coefficient (Wildman–Crippen LogP) is 1.79. The van der Waals surface area contributed by atoms with Crippen LogP contribution in [0.5, 0.6) is 5.75 Å². The monoisotopic (exact) mass is 291 g/mol. The second-order valence-corrected chi connectivity index (χ2v) is 6.00. The normalized spacial score (nSPS) is 23.0. The van der Waals surface area contributed by atoms with Crippen LogP contribution in [0, 0.1) is 19.8 Å². The van der Waals surface area contributed by atoms with E-state index in [0.717, 1.165) is 42.0 Å². The number of aromatic nitrogens is 1. The molecular weight excluding hydrogens is 266 g/mol. The Balaban J connectivity index is 2.18. The summed E-state index contributed by atoms with van der Waals surface area (Å²) in [6.07, 6.45) is 3.73. The zero-order chi connectivity index (χ0) is 15.6. The Bertz CT molecular complexity index is 530. The summed E-state index contributed by atoms with van der Waals surface area (Å²) in [6, 6.07) is 0.439. The van der Waals surface area contributed by atoms with Gasteiger partial charge in [0.15, 0.2) is 0 Å². The lowest BCUT2D eigenvalue weighted by Crippen LogP contribution is -2.45. The van der Waals surface area contributed by atoms with Crippen molar-refractivity contribution < 1.29 is 9.53 Å². The van der Waals surface area contributed by atoms with Crippen molar-refractivity contribution in [2.75, 3.05) is 13.7 Å². The van der Waals surface area contributed by atoms with Gasteiger partial charge in [0, 0.05) is 36.5 Å². The molecule has 2 rings (SSSR count). The van der Waals surface area contributed by atoms with Crippen molar-refractivity contribution in [3.63, 3.8) is 0 Å². The smallest absolute Gasteiger partial charge is 0.221 e. The maximum atomic E-state index is 11.4. The van der Waals surface area contributed by atoms with Gasteiger partial charge in [-0.1, -0.05) is 0 Å². The van der Waals surface area contributed by atoms with Gasteiger partial charge in [-0.15, -0.1) is 0 Å². The molecule has 0 radical (unpaired) electrons. The second-order valence-electron chi connectivity index (χ2n) is 6.00. The van der Waals surface area contributed by atoms with Crippen LogP contribution >= 0.6 is 0 Å². The summed E-state index contributed by atoms with van der Waals surface area (Å²) < 4.78 is 5.46. The highest BCUT2D eigenvalue weighted by molar-refractivity contribution is 5.77. The minimum absolute atomic E-state index is 0.0474. The third-order valence-corrected chi connectivity index (χ3v) is 4.52. The SMILES string of the molecule is COc1c(C)cnc(CN2CC(C(N)=O)CCC2C)c1C. The third kappa shape index (κ3) is 3.35. The number of amides is 1. The fourth-order valence-corrected chi connectivity index (χ4v) is 3.05. The minimum Gasteiger partial charge on any atom is -0.496 e. The number of ether oxygens (including phenoxy) is 1. The summed E-state index contributed by atoms with van der Waals surface area (Å²) in [5.74, 6) is 0.656. The molecule has 5 heteroatoms. The lowest BCUT2D eigenvalue weighted by atomic mass is 9.92. The van der Waals surface area contributed by atoms with E-state index in [2.05, 4.69) is 16.8 Å². The van der Waals surface area contributed by atoms with Crippen molar-refractivity contribution in [2.45, 2.75) is 46.2 Å². The number of carbonyl (C=O) groups is 1. The molecule has 1 aliphatic heterocycles.